The maximum absolute atomic E-state index is 12.9. The number of aromatic hydroxyl groups is 1. The van der Waals surface area contributed by atoms with Crippen LogP contribution in [0.4, 0.5) is 0 Å². The zero-order valence-electron chi connectivity index (χ0n) is 16.9. The molecule has 31 heavy (non-hydrogen) atoms. The number of carbonyl (C=O) groups excluding carboxylic acids is 2. The summed E-state index contributed by atoms with van der Waals surface area (Å²) in [6.07, 6.45) is 0.485. The fraction of sp³-hybridized carbons (Fsp3) is 0.273. The van der Waals surface area contributed by atoms with Crippen molar-refractivity contribution in [3.8, 4) is 11.5 Å². The number of ketones is 1. The molecule has 2 aromatic carbocycles. The average Bonchev–Trinajstić information content (AvgIpc) is 2.98. The van der Waals surface area contributed by atoms with E-state index in [0.717, 1.165) is 0 Å². The Morgan fingerprint density at radius 2 is 1.81 bits per heavy atom. The maximum Gasteiger partial charge on any atom is 0.295 e. The molecule has 1 amide bonds. The number of hydrogen-bond acceptors (Lipinski definition) is 6. The predicted molar refractivity (Wildman–Crippen MR) is 117 cm³/mol. The third-order valence-electron chi connectivity index (χ3n) is 4.95. The minimum Gasteiger partial charge on any atom is -0.508 e. The number of amides is 1. The highest BCUT2D eigenvalue weighted by Gasteiger charge is 2.46. The summed E-state index contributed by atoms with van der Waals surface area (Å²) in [7, 11) is 2.94. The van der Waals surface area contributed by atoms with E-state index in [1.807, 2.05) is 0 Å². The van der Waals surface area contributed by atoms with Gasteiger partial charge in [0.2, 0.25) is 0 Å². The minimum absolute atomic E-state index is 0.0319. The van der Waals surface area contributed by atoms with Crippen LogP contribution in [0.3, 0.4) is 0 Å². The molecule has 0 saturated carbocycles. The summed E-state index contributed by atoms with van der Waals surface area (Å²) >= 11 is 12.4. The molecule has 2 N–H and O–H groups in total. The van der Waals surface area contributed by atoms with Gasteiger partial charge in [0.25, 0.3) is 11.7 Å². The highest BCUT2D eigenvalue weighted by atomic mass is 35.5. The van der Waals surface area contributed by atoms with Crippen LogP contribution in [0.1, 0.15) is 23.6 Å². The number of phenols is 1. The molecule has 1 aliphatic rings. The van der Waals surface area contributed by atoms with Crippen LogP contribution in [0.2, 0.25) is 10.0 Å². The lowest BCUT2D eigenvalue weighted by molar-refractivity contribution is -0.140. The average molecular weight is 466 g/mol. The van der Waals surface area contributed by atoms with Gasteiger partial charge in [-0.15, -0.1) is 0 Å². The molecule has 1 saturated heterocycles. The first-order valence-corrected chi connectivity index (χ1v) is 10.2. The molecule has 9 heteroatoms. The fourth-order valence-electron chi connectivity index (χ4n) is 3.58. The number of halogens is 2. The molecule has 2 aromatic rings. The van der Waals surface area contributed by atoms with Gasteiger partial charge in [-0.3, -0.25) is 9.59 Å². The summed E-state index contributed by atoms with van der Waals surface area (Å²) in [5, 5.41) is 21.3. The number of nitrogens with zero attached hydrogens (tertiary/aromatic N) is 1. The van der Waals surface area contributed by atoms with Crippen molar-refractivity contribution in [1.29, 1.82) is 0 Å². The van der Waals surface area contributed by atoms with Crippen LogP contribution in [-0.2, 0) is 14.3 Å². The van der Waals surface area contributed by atoms with Crippen LogP contribution < -0.4 is 4.74 Å². The van der Waals surface area contributed by atoms with E-state index in [9.17, 15) is 19.8 Å². The summed E-state index contributed by atoms with van der Waals surface area (Å²) in [6.45, 7) is 0.610. The molecule has 0 spiro atoms. The van der Waals surface area contributed by atoms with Crippen LogP contribution in [0.5, 0.6) is 11.5 Å². The van der Waals surface area contributed by atoms with Gasteiger partial charge in [-0.2, -0.15) is 0 Å². The van der Waals surface area contributed by atoms with Crippen LogP contribution >= 0.6 is 23.2 Å². The SMILES string of the molecule is COCCCN1C(=O)C(=O)/C(=C(/O)c2cc(Cl)c(OC)c(Cl)c2)C1c1cccc(O)c1. The second-order valence-corrected chi connectivity index (χ2v) is 7.72. The molecule has 3 rings (SSSR count). The molecule has 164 valence electrons. The molecule has 1 fully saturated rings. The van der Waals surface area contributed by atoms with Crippen LogP contribution in [0.15, 0.2) is 42.0 Å². The minimum atomic E-state index is -0.899. The quantitative estimate of drug-likeness (QED) is 0.275. The van der Waals surface area contributed by atoms with Gasteiger partial charge in [-0.05, 0) is 36.2 Å². The molecule has 1 heterocycles. The molecule has 0 radical (unpaired) electrons. The number of hydrogen-bond donors (Lipinski definition) is 2. The van der Waals surface area contributed by atoms with Gasteiger partial charge in [0, 0.05) is 25.8 Å². The fourth-order valence-corrected chi connectivity index (χ4v) is 4.22. The number of rotatable bonds is 7. The van der Waals surface area contributed by atoms with E-state index in [1.165, 1.54) is 43.4 Å². The lowest BCUT2D eigenvalue weighted by Crippen LogP contribution is -2.31. The van der Waals surface area contributed by atoms with Crippen molar-refractivity contribution in [2.45, 2.75) is 12.5 Å². The van der Waals surface area contributed by atoms with E-state index in [2.05, 4.69) is 0 Å². The van der Waals surface area contributed by atoms with E-state index >= 15 is 0 Å². The first-order chi connectivity index (χ1) is 14.8. The predicted octanol–water partition coefficient (Wildman–Crippen LogP) is 4.17. The molecule has 7 nitrogen and oxygen atoms in total. The Morgan fingerprint density at radius 3 is 2.39 bits per heavy atom. The first kappa shape index (κ1) is 22.9. The highest BCUT2D eigenvalue weighted by Crippen LogP contribution is 2.42. The van der Waals surface area contributed by atoms with Gasteiger partial charge >= 0.3 is 0 Å². The zero-order chi connectivity index (χ0) is 22.7. The molecule has 1 atom stereocenters. The van der Waals surface area contributed by atoms with Crippen LogP contribution in [-0.4, -0.2) is 54.2 Å². The van der Waals surface area contributed by atoms with Gasteiger partial charge in [-0.1, -0.05) is 35.3 Å². The number of phenolic OH excluding ortho intramolecular Hbond substituents is 1. The van der Waals surface area contributed by atoms with Gasteiger partial charge in [-0.25, -0.2) is 0 Å². The Labute approximate surface area is 189 Å². The molecule has 1 aliphatic heterocycles. The van der Waals surface area contributed by atoms with Gasteiger partial charge in [0.15, 0.2) is 5.75 Å². The number of carbonyl (C=O) groups is 2. The summed E-state index contributed by atoms with van der Waals surface area (Å²) < 4.78 is 10.2. The number of benzene rings is 2. The Morgan fingerprint density at radius 1 is 1.13 bits per heavy atom. The third kappa shape index (κ3) is 4.49. The molecule has 1 unspecified atom stereocenters. The standard InChI is InChI=1S/C22H21Cl2NO6/c1-30-8-4-7-25-18(12-5-3-6-14(26)9-12)17(20(28)22(25)29)19(27)13-10-15(23)21(31-2)16(24)11-13/h3,5-6,9-11,18,26-27H,4,7-8H2,1-2H3/b19-17+. The molecule has 0 aromatic heterocycles. The van der Waals surface area contributed by atoms with Crippen molar-refractivity contribution < 1.29 is 29.3 Å². The molecular formula is C22H21Cl2NO6. The summed E-state index contributed by atoms with van der Waals surface area (Å²) in [5.74, 6) is -1.82. The smallest absolute Gasteiger partial charge is 0.295 e. The lowest BCUT2D eigenvalue weighted by Gasteiger charge is -2.25. The summed E-state index contributed by atoms with van der Waals surface area (Å²) in [6, 6.07) is 8.09. The molecular weight excluding hydrogens is 445 g/mol. The van der Waals surface area contributed by atoms with Crippen LogP contribution in [0.25, 0.3) is 5.76 Å². The summed E-state index contributed by atoms with van der Waals surface area (Å²) in [4.78, 5) is 27.1. The Kier molecular flexibility index (Phi) is 7.10. The van der Waals surface area contributed by atoms with E-state index in [1.54, 1.807) is 12.1 Å². The Hall–Kier alpha value is -2.74. The topological polar surface area (TPSA) is 96.3 Å². The number of aliphatic hydroxyl groups excluding tert-OH is 1. The third-order valence-corrected chi connectivity index (χ3v) is 5.51. The zero-order valence-corrected chi connectivity index (χ0v) is 18.4. The number of ether oxygens (including phenoxy) is 2. The highest BCUT2D eigenvalue weighted by molar-refractivity contribution is 6.46. The monoisotopic (exact) mass is 465 g/mol. The largest absolute Gasteiger partial charge is 0.508 e. The first-order valence-electron chi connectivity index (χ1n) is 9.39. The Bertz CT molecular complexity index is 1030. The number of Topliss-reactive ketones (excluding diaryl/α,β-unsaturated/α-hetero) is 1. The van der Waals surface area contributed by atoms with Crippen LogP contribution in [0, 0.1) is 0 Å². The molecule has 0 bridgehead atoms. The number of methoxy groups -OCH3 is 2. The number of aliphatic hydroxyl groups is 1. The van der Waals surface area contributed by atoms with Crippen molar-refractivity contribution in [3.63, 3.8) is 0 Å². The molecule has 0 aliphatic carbocycles. The van der Waals surface area contributed by atoms with Gasteiger partial charge in [0.05, 0.1) is 28.8 Å². The van der Waals surface area contributed by atoms with E-state index < -0.39 is 23.5 Å². The normalized spacial score (nSPS) is 17.9. The second-order valence-electron chi connectivity index (χ2n) is 6.91. The number of likely N-dealkylation sites (tertiary alicyclic amines) is 1. The maximum atomic E-state index is 12.9. The van der Waals surface area contributed by atoms with Gasteiger partial charge in [0.1, 0.15) is 11.5 Å². The van der Waals surface area contributed by atoms with Crippen molar-refractivity contribution >= 4 is 40.7 Å². The van der Waals surface area contributed by atoms with Crippen molar-refractivity contribution in [2.75, 3.05) is 27.4 Å². The summed E-state index contributed by atoms with van der Waals surface area (Å²) in [5.41, 5.74) is 0.519. The second kappa shape index (κ2) is 9.60. The Balaban J connectivity index is 2.17. The van der Waals surface area contributed by atoms with Crippen molar-refractivity contribution in [1.82, 2.24) is 4.90 Å². The van der Waals surface area contributed by atoms with Gasteiger partial charge < -0.3 is 24.6 Å². The van der Waals surface area contributed by atoms with Crippen molar-refractivity contribution in [3.05, 3.63) is 63.1 Å². The van der Waals surface area contributed by atoms with Crippen molar-refractivity contribution in [2.24, 2.45) is 0 Å². The lowest BCUT2D eigenvalue weighted by atomic mass is 9.95. The van der Waals surface area contributed by atoms with E-state index in [0.29, 0.717) is 18.6 Å². The van der Waals surface area contributed by atoms with E-state index in [4.69, 9.17) is 32.7 Å². The van der Waals surface area contributed by atoms with E-state index in [-0.39, 0.29) is 39.2 Å².